The number of pyridine rings is 1. The first kappa shape index (κ1) is 14.1. The zero-order chi connectivity index (χ0) is 14.0. The third kappa shape index (κ3) is 2.99. The summed E-state index contributed by atoms with van der Waals surface area (Å²) in [6.07, 6.45) is 2.13. The summed E-state index contributed by atoms with van der Waals surface area (Å²) >= 11 is 6.23. The van der Waals surface area contributed by atoms with Crippen molar-refractivity contribution in [2.45, 2.75) is 32.7 Å². The highest BCUT2D eigenvalue weighted by Crippen LogP contribution is 2.30. The fourth-order valence-electron chi connectivity index (χ4n) is 2.54. The Bertz CT molecular complexity index is 499. The lowest BCUT2D eigenvalue weighted by Crippen LogP contribution is -2.40. The van der Waals surface area contributed by atoms with E-state index in [2.05, 4.69) is 22.9 Å². The second-order valence-electron chi connectivity index (χ2n) is 5.22. The fraction of sp³-hybridized carbons (Fsp3) is 0.571. The van der Waals surface area contributed by atoms with Crippen LogP contribution in [0.4, 0.5) is 5.82 Å². The van der Waals surface area contributed by atoms with Gasteiger partial charge in [-0.05, 0) is 38.7 Å². The molecule has 4 nitrogen and oxygen atoms in total. The normalized spacial score (nSPS) is 18.2. The van der Waals surface area contributed by atoms with E-state index in [1.54, 1.807) is 6.07 Å². The molecule has 5 heteroatoms. The topological polar surface area (TPSA) is 65.9 Å². The van der Waals surface area contributed by atoms with Crippen LogP contribution in [0.1, 0.15) is 31.0 Å². The van der Waals surface area contributed by atoms with E-state index in [1.165, 1.54) is 0 Å². The lowest BCUT2D eigenvalue weighted by atomic mass is 9.91. The van der Waals surface area contributed by atoms with Crippen LogP contribution in [0.5, 0.6) is 0 Å². The molecule has 1 aliphatic heterocycles. The summed E-state index contributed by atoms with van der Waals surface area (Å²) in [5, 5.41) is 9.52. The molecule has 0 saturated carbocycles. The number of nitriles is 1. The molecule has 0 bridgehead atoms. The second-order valence-corrected chi connectivity index (χ2v) is 5.63. The van der Waals surface area contributed by atoms with Crippen LogP contribution in [0.15, 0.2) is 6.07 Å². The maximum Gasteiger partial charge on any atom is 0.147 e. The Hall–Kier alpha value is -1.31. The summed E-state index contributed by atoms with van der Waals surface area (Å²) in [7, 11) is 0. The van der Waals surface area contributed by atoms with Gasteiger partial charge in [0.05, 0.1) is 16.3 Å². The van der Waals surface area contributed by atoms with Gasteiger partial charge in [0, 0.05) is 19.1 Å². The number of hydrogen-bond acceptors (Lipinski definition) is 4. The molecule has 2 heterocycles. The van der Waals surface area contributed by atoms with Gasteiger partial charge in [0.2, 0.25) is 0 Å². The fourth-order valence-corrected chi connectivity index (χ4v) is 2.81. The van der Waals surface area contributed by atoms with Gasteiger partial charge in [-0.1, -0.05) is 11.6 Å². The molecule has 1 unspecified atom stereocenters. The minimum absolute atomic E-state index is 0.244. The smallest absolute Gasteiger partial charge is 0.147 e. The van der Waals surface area contributed by atoms with Crippen LogP contribution in [0.2, 0.25) is 5.02 Å². The van der Waals surface area contributed by atoms with Gasteiger partial charge in [-0.15, -0.1) is 0 Å². The Morgan fingerprint density at radius 1 is 1.53 bits per heavy atom. The van der Waals surface area contributed by atoms with Gasteiger partial charge in [0.15, 0.2) is 0 Å². The number of hydrogen-bond donors (Lipinski definition) is 1. The molecule has 1 saturated heterocycles. The zero-order valence-corrected chi connectivity index (χ0v) is 12.1. The highest BCUT2D eigenvalue weighted by Gasteiger charge is 2.24. The number of rotatable bonds is 2. The predicted molar refractivity (Wildman–Crippen MR) is 77.3 cm³/mol. The first-order valence-electron chi connectivity index (χ1n) is 6.60. The van der Waals surface area contributed by atoms with Gasteiger partial charge >= 0.3 is 0 Å². The maximum absolute atomic E-state index is 8.96. The third-order valence-corrected chi connectivity index (χ3v) is 4.13. The molecule has 1 fully saturated rings. The van der Waals surface area contributed by atoms with Crippen molar-refractivity contribution in [1.82, 2.24) is 4.98 Å². The number of halogens is 1. The van der Waals surface area contributed by atoms with Crippen molar-refractivity contribution < 1.29 is 0 Å². The molecule has 0 spiro atoms. The van der Waals surface area contributed by atoms with Crippen molar-refractivity contribution in [1.29, 1.82) is 5.26 Å². The van der Waals surface area contributed by atoms with E-state index in [1.807, 2.05) is 6.92 Å². The summed E-state index contributed by atoms with van der Waals surface area (Å²) in [5.41, 5.74) is 7.22. The van der Waals surface area contributed by atoms with E-state index < -0.39 is 0 Å². The van der Waals surface area contributed by atoms with Gasteiger partial charge in [-0.2, -0.15) is 5.26 Å². The number of anilines is 1. The van der Waals surface area contributed by atoms with Crippen molar-refractivity contribution in [3.8, 4) is 6.07 Å². The molecule has 102 valence electrons. The predicted octanol–water partition coefficient (Wildman–Crippen LogP) is 2.48. The monoisotopic (exact) mass is 278 g/mol. The molecule has 0 radical (unpaired) electrons. The van der Waals surface area contributed by atoms with Gasteiger partial charge in [-0.25, -0.2) is 4.98 Å². The van der Waals surface area contributed by atoms with Crippen molar-refractivity contribution >= 4 is 17.4 Å². The molecule has 2 rings (SSSR count). The van der Waals surface area contributed by atoms with Crippen molar-refractivity contribution in [2.24, 2.45) is 11.7 Å². The first-order valence-corrected chi connectivity index (χ1v) is 6.98. The lowest BCUT2D eigenvalue weighted by molar-refractivity contribution is 0.353. The number of aromatic nitrogens is 1. The van der Waals surface area contributed by atoms with E-state index >= 15 is 0 Å². The molecule has 0 amide bonds. The van der Waals surface area contributed by atoms with Gasteiger partial charge in [0.1, 0.15) is 11.9 Å². The average molecular weight is 279 g/mol. The van der Waals surface area contributed by atoms with Gasteiger partial charge in [0.25, 0.3) is 0 Å². The molecule has 2 N–H and O–H groups in total. The van der Waals surface area contributed by atoms with Crippen LogP contribution < -0.4 is 10.6 Å². The van der Waals surface area contributed by atoms with E-state index in [0.717, 1.165) is 37.4 Å². The summed E-state index contributed by atoms with van der Waals surface area (Å²) in [4.78, 5) is 6.67. The third-order valence-electron chi connectivity index (χ3n) is 3.85. The van der Waals surface area contributed by atoms with Gasteiger partial charge in [-0.3, -0.25) is 0 Å². The van der Waals surface area contributed by atoms with Crippen LogP contribution in [0.25, 0.3) is 0 Å². The highest BCUT2D eigenvalue weighted by atomic mass is 35.5. The quantitative estimate of drug-likeness (QED) is 0.902. The van der Waals surface area contributed by atoms with E-state index in [9.17, 15) is 0 Å². The van der Waals surface area contributed by atoms with Gasteiger partial charge < -0.3 is 10.6 Å². The first-order chi connectivity index (χ1) is 9.02. The molecule has 0 aliphatic carbocycles. The largest absolute Gasteiger partial charge is 0.355 e. The summed E-state index contributed by atoms with van der Waals surface area (Å²) in [5.74, 6) is 1.37. The summed E-state index contributed by atoms with van der Waals surface area (Å²) in [6.45, 7) is 5.75. The second kappa shape index (κ2) is 5.77. The molecule has 1 aromatic rings. The Labute approximate surface area is 119 Å². The van der Waals surface area contributed by atoms with Crippen LogP contribution >= 0.6 is 11.6 Å². The van der Waals surface area contributed by atoms with Crippen molar-refractivity contribution in [3.05, 3.63) is 22.3 Å². The molecule has 1 aliphatic rings. The van der Waals surface area contributed by atoms with E-state index in [-0.39, 0.29) is 6.04 Å². The molecular weight excluding hydrogens is 260 g/mol. The molecule has 0 aromatic carbocycles. The number of piperidine rings is 1. The van der Waals surface area contributed by atoms with Crippen LogP contribution in [0, 0.1) is 24.2 Å². The van der Waals surface area contributed by atoms with Crippen LogP contribution in [-0.2, 0) is 0 Å². The minimum atomic E-state index is 0.244. The molecular formula is C14H19ClN4. The molecule has 1 atom stereocenters. The highest BCUT2D eigenvalue weighted by molar-refractivity contribution is 6.33. The van der Waals surface area contributed by atoms with Crippen LogP contribution in [-0.4, -0.2) is 24.1 Å². The van der Waals surface area contributed by atoms with Crippen molar-refractivity contribution in [2.75, 3.05) is 18.0 Å². The van der Waals surface area contributed by atoms with E-state index in [4.69, 9.17) is 22.6 Å². The number of nitrogens with zero attached hydrogens (tertiary/aromatic N) is 3. The van der Waals surface area contributed by atoms with Crippen molar-refractivity contribution in [3.63, 3.8) is 0 Å². The Balaban J connectivity index is 2.16. The Kier molecular flexibility index (Phi) is 4.28. The van der Waals surface area contributed by atoms with E-state index in [0.29, 0.717) is 16.5 Å². The SMILES string of the molecule is Cc1nc(N2CCC(C(C)N)CC2)c(Cl)cc1C#N. The number of aryl methyl sites for hydroxylation is 1. The zero-order valence-electron chi connectivity index (χ0n) is 11.4. The minimum Gasteiger partial charge on any atom is -0.355 e. The maximum atomic E-state index is 8.96. The average Bonchev–Trinajstić information content (AvgIpc) is 2.41. The lowest BCUT2D eigenvalue weighted by Gasteiger charge is -2.35. The summed E-state index contributed by atoms with van der Waals surface area (Å²) in [6, 6.07) is 4.06. The van der Waals surface area contributed by atoms with Crippen LogP contribution in [0.3, 0.4) is 0 Å². The standard InChI is InChI=1S/C14H19ClN4/c1-9(17)11-3-5-19(6-4-11)14-13(15)7-12(8-16)10(2)18-14/h7,9,11H,3-6,17H2,1-2H3. The molecule has 1 aromatic heterocycles. The Morgan fingerprint density at radius 3 is 2.68 bits per heavy atom. The summed E-state index contributed by atoms with van der Waals surface area (Å²) < 4.78 is 0. The molecule has 19 heavy (non-hydrogen) atoms. The Morgan fingerprint density at radius 2 is 2.16 bits per heavy atom. The number of nitrogens with two attached hydrogens (primary N) is 1.